The minimum absolute atomic E-state index is 0.449. The molecule has 0 radical (unpaired) electrons. The van der Waals surface area contributed by atoms with Crippen molar-refractivity contribution >= 4 is 0 Å². The molecule has 2 rings (SSSR count). The molecular weight excluding hydrogens is 224 g/mol. The lowest BCUT2D eigenvalue weighted by Crippen LogP contribution is -2.37. The monoisotopic (exact) mass is 250 g/mol. The quantitative estimate of drug-likeness (QED) is 0.896. The molecule has 3 heteroatoms. The molecule has 0 amide bonds. The first kappa shape index (κ1) is 13.6. The number of nitrogens with zero attached hydrogens (tertiary/aromatic N) is 1. The molecule has 1 fully saturated rings. The Morgan fingerprint density at radius 1 is 1.33 bits per heavy atom. The van der Waals surface area contributed by atoms with Crippen molar-refractivity contribution in [1.82, 2.24) is 4.90 Å². The maximum atomic E-state index is 5.67. The molecule has 2 heterocycles. The lowest BCUT2D eigenvalue weighted by Gasteiger charge is -2.38. The Kier molecular flexibility index (Phi) is 4.13. The molecule has 0 spiro atoms. The molecule has 0 aromatic carbocycles. The third-order valence-corrected chi connectivity index (χ3v) is 4.23. The lowest BCUT2D eigenvalue weighted by atomic mass is 9.75. The van der Waals surface area contributed by atoms with Gasteiger partial charge >= 0.3 is 0 Å². The smallest absolute Gasteiger partial charge is 0.121 e. The summed E-state index contributed by atoms with van der Waals surface area (Å²) in [5.41, 5.74) is 7.37. The maximum absolute atomic E-state index is 5.67. The second kappa shape index (κ2) is 5.45. The van der Waals surface area contributed by atoms with Crippen LogP contribution in [0.1, 0.15) is 44.9 Å². The standard InChI is InChI=1S/C15H26N2O/c1-15(2,3)13-4-7-17(8-5-13)11-12-6-9-18-14(12)10-16/h6,9,13H,4-5,7-8,10-11,16H2,1-3H3. The molecule has 0 saturated carbocycles. The van der Waals surface area contributed by atoms with Crippen molar-refractivity contribution in [2.75, 3.05) is 13.1 Å². The topological polar surface area (TPSA) is 42.4 Å². The van der Waals surface area contributed by atoms with Gasteiger partial charge in [-0.05, 0) is 43.3 Å². The minimum atomic E-state index is 0.449. The molecule has 18 heavy (non-hydrogen) atoms. The molecule has 2 N–H and O–H groups in total. The summed E-state index contributed by atoms with van der Waals surface area (Å²) < 4.78 is 5.38. The van der Waals surface area contributed by atoms with Gasteiger partial charge in [-0.2, -0.15) is 0 Å². The van der Waals surface area contributed by atoms with E-state index in [2.05, 4.69) is 31.7 Å². The van der Waals surface area contributed by atoms with E-state index in [-0.39, 0.29) is 0 Å². The normalized spacial score (nSPS) is 19.3. The van der Waals surface area contributed by atoms with Gasteiger partial charge in [0.15, 0.2) is 0 Å². The van der Waals surface area contributed by atoms with E-state index in [9.17, 15) is 0 Å². The van der Waals surface area contributed by atoms with E-state index < -0.39 is 0 Å². The molecule has 1 aromatic heterocycles. The summed E-state index contributed by atoms with van der Waals surface area (Å²) in [4.78, 5) is 2.52. The Morgan fingerprint density at radius 3 is 2.56 bits per heavy atom. The molecule has 1 saturated heterocycles. The zero-order valence-corrected chi connectivity index (χ0v) is 11.9. The number of furan rings is 1. The van der Waals surface area contributed by atoms with Crippen molar-refractivity contribution in [3.63, 3.8) is 0 Å². The molecule has 1 aliphatic heterocycles. The molecule has 0 unspecified atom stereocenters. The molecule has 3 nitrogen and oxygen atoms in total. The molecule has 102 valence electrons. The fourth-order valence-electron chi connectivity index (χ4n) is 2.89. The summed E-state index contributed by atoms with van der Waals surface area (Å²) >= 11 is 0. The summed E-state index contributed by atoms with van der Waals surface area (Å²) in [5.74, 6) is 1.79. The van der Waals surface area contributed by atoms with Crippen LogP contribution in [0.5, 0.6) is 0 Å². The van der Waals surface area contributed by atoms with Crippen molar-refractivity contribution in [3.05, 3.63) is 23.7 Å². The second-order valence-electron chi connectivity index (χ2n) is 6.49. The van der Waals surface area contributed by atoms with Gasteiger partial charge in [0.2, 0.25) is 0 Å². The van der Waals surface area contributed by atoms with E-state index >= 15 is 0 Å². The van der Waals surface area contributed by atoms with Crippen molar-refractivity contribution in [3.8, 4) is 0 Å². The Morgan fingerprint density at radius 2 is 2.00 bits per heavy atom. The average molecular weight is 250 g/mol. The zero-order valence-electron chi connectivity index (χ0n) is 11.9. The summed E-state index contributed by atoms with van der Waals surface area (Å²) in [6.45, 7) is 10.9. The number of hydrogen-bond donors (Lipinski definition) is 1. The van der Waals surface area contributed by atoms with Crippen LogP contribution in [0.4, 0.5) is 0 Å². The highest BCUT2D eigenvalue weighted by atomic mass is 16.3. The molecular formula is C15H26N2O. The predicted molar refractivity (Wildman–Crippen MR) is 74.1 cm³/mol. The number of likely N-dealkylation sites (tertiary alicyclic amines) is 1. The van der Waals surface area contributed by atoms with Crippen LogP contribution in [-0.2, 0) is 13.1 Å². The summed E-state index contributed by atoms with van der Waals surface area (Å²) in [6.07, 6.45) is 4.36. The molecule has 1 aliphatic rings. The predicted octanol–water partition coefficient (Wildman–Crippen LogP) is 3.00. The van der Waals surface area contributed by atoms with Gasteiger partial charge in [-0.25, -0.2) is 0 Å². The van der Waals surface area contributed by atoms with Crippen LogP contribution < -0.4 is 5.73 Å². The third-order valence-electron chi connectivity index (χ3n) is 4.23. The fraction of sp³-hybridized carbons (Fsp3) is 0.733. The number of nitrogens with two attached hydrogens (primary N) is 1. The molecule has 1 aromatic rings. The van der Waals surface area contributed by atoms with E-state index in [0.717, 1.165) is 18.2 Å². The Bertz CT molecular complexity index is 370. The van der Waals surface area contributed by atoms with Crippen LogP contribution in [0.25, 0.3) is 0 Å². The third kappa shape index (κ3) is 3.15. The van der Waals surface area contributed by atoms with E-state index in [4.69, 9.17) is 10.2 Å². The van der Waals surface area contributed by atoms with E-state index in [1.165, 1.54) is 31.5 Å². The SMILES string of the molecule is CC(C)(C)C1CCN(Cc2ccoc2CN)CC1. The second-order valence-corrected chi connectivity index (χ2v) is 6.49. The van der Waals surface area contributed by atoms with E-state index in [1.807, 2.05) is 0 Å². The van der Waals surface area contributed by atoms with Crippen LogP contribution in [0.15, 0.2) is 16.7 Å². The first-order valence-corrected chi connectivity index (χ1v) is 6.98. The van der Waals surface area contributed by atoms with Gasteiger partial charge in [0.05, 0.1) is 12.8 Å². The lowest BCUT2D eigenvalue weighted by molar-refractivity contribution is 0.107. The molecule has 0 bridgehead atoms. The van der Waals surface area contributed by atoms with Crippen molar-refractivity contribution in [2.45, 2.75) is 46.7 Å². The van der Waals surface area contributed by atoms with E-state index in [1.54, 1.807) is 6.26 Å². The van der Waals surface area contributed by atoms with Crippen molar-refractivity contribution in [2.24, 2.45) is 17.1 Å². The van der Waals surface area contributed by atoms with Gasteiger partial charge < -0.3 is 10.2 Å². The van der Waals surface area contributed by atoms with Gasteiger partial charge in [0.1, 0.15) is 5.76 Å². The highest BCUT2D eigenvalue weighted by Gasteiger charge is 2.28. The molecule has 0 atom stereocenters. The first-order valence-electron chi connectivity index (χ1n) is 6.98. The maximum Gasteiger partial charge on any atom is 0.121 e. The largest absolute Gasteiger partial charge is 0.468 e. The molecule has 0 aliphatic carbocycles. The van der Waals surface area contributed by atoms with Crippen molar-refractivity contribution < 1.29 is 4.42 Å². The highest BCUT2D eigenvalue weighted by molar-refractivity contribution is 5.16. The van der Waals surface area contributed by atoms with Gasteiger partial charge in [-0.15, -0.1) is 0 Å². The average Bonchev–Trinajstić information content (AvgIpc) is 2.76. The van der Waals surface area contributed by atoms with Crippen molar-refractivity contribution in [1.29, 1.82) is 0 Å². The van der Waals surface area contributed by atoms with E-state index in [0.29, 0.717) is 12.0 Å². The minimum Gasteiger partial charge on any atom is -0.468 e. The number of rotatable bonds is 3. The van der Waals surface area contributed by atoms with Crippen LogP contribution in [-0.4, -0.2) is 18.0 Å². The first-order chi connectivity index (χ1) is 8.50. The Labute approximate surface area is 110 Å². The summed E-state index contributed by atoms with van der Waals surface area (Å²) in [5, 5.41) is 0. The van der Waals surface area contributed by atoms with Gasteiger partial charge in [-0.1, -0.05) is 20.8 Å². The van der Waals surface area contributed by atoms with Gasteiger partial charge in [-0.3, -0.25) is 4.90 Å². The van der Waals surface area contributed by atoms with Crippen LogP contribution in [0, 0.1) is 11.3 Å². The zero-order chi connectivity index (χ0) is 13.2. The number of piperidine rings is 1. The highest BCUT2D eigenvalue weighted by Crippen LogP contribution is 2.34. The van der Waals surface area contributed by atoms with Crippen LogP contribution in [0.2, 0.25) is 0 Å². The summed E-state index contributed by atoms with van der Waals surface area (Å²) in [7, 11) is 0. The number of hydrogen-bond acceptors (Lipinski definition) is 3. The Hall–Kier alpha value is -0.800. The van der Waals surface area contributed by atoms with Crippen LogP contribution in [0.3, 0.4) is 0 Å². The Balaban J connectivity index is 1.87. The fourth-order valence-corrected chi connectivity index (χ4v) is 2.89. The van der Waals surface area contributed by atoms with Crippen LogP contribution >= 0.6 is 0 Å². The van der Waals surface area contributed by atoms with Gasteiger partial charge in [0.25, 0.3) is 0 Å². The summed E-state index contributed by atoms with van der Waals surface area (Å²) in [6, 6.07) is 2.05. The van der Waals surface area contributed by atoms with Gasteiger partial charge in [0, 0.05) is 12.1 Å².